The Hall–Kier alpha value is -0.120. The average molecular weight is 197 g/mol. The van der Waals surface area contributed by atoms with E-state index in [9.17, 15) is 0 Å². The molecule has 0 aromatic rings. The number of likely N-dealkylation sites (N-methyl/N-ethyl adjacent to an activating group) is 2. The number of nitrogens with zero attached hydrogens (tertiary/aromatic N) is 2. The molecule has 2 unspecified atom stereocenters. The molecule has 1 aliphatic heterocycles. The molecule has 0 aromatic carbocycles. The smallest absolute Gasteiger partial charge is 0.0345 e. The highest BCUT2D eigenvalue weighted by Gasteiger charge is 2.37. The Balaban J connectivity index is 1.93. The fourth-order valence-electron chi connectivity index (χ4n) is 2.60. The van der Waals surface area contributed by atoms with Gasteiger partial charge in [-0.25, -0.2) is 0 Å². The molecule has 2 fully saturated rings. The summed E-state index contributed by atoms with van der Waals surface area (Å²) in [4.78, 5) is 5.21. The minimum atomic E-state index is 0.705. The van der Waals surface area contributed by atoms with E-state index in [1.807, 2.05) is 7.05 Å². The number of hydrogen-bond donors (Lipinski definition) is 1. The second kappa shape index (κ2) is 4.17. The van der Waals surface area contributed by atoms with Gasteiger partial charge < -0.3 is 5.32 Å². The highest BCUT2D eigenvalue weighted by atomic mass is 15.3. The Morgan fingerprint density at radius 2 is 2.00 bits per heavy atom. The lowest BCUT2D eigenvalue weighted by Gasteiger charge is -2.44. The van der Waals surface area contributed by atoms with E-state index in [2.05, 4.69) is 29.1 Å². The summed E-state index contributed by atoms with van der Waals surface area (Å²) in [6.07, 6.45) is 2.86. The van der Waals surface area contributed by atoms with Crippen LogP contribution in [0.5, 0.6) is 0 Å². The van der Waals surface area contributed by atoms with Gasteiger partial charge in [-0.3, -0.25) is 9.80 Å². The molecule has 1 N–H and O–H groups in total. The van der Waals surface area contributed by atoms with Gasteiger partial charge in [0, 0.05) is 37.8 Å². The van der Waals surface area contributed by atoms with Crippen LogP contribution in [0.3, 0.4) is 0 Å². The molecule has 0 amide bonds. The van der Waals surface area contributed by atoms with Gasteiger partial charge in [-0.05, 0) is 33.9 Å². The zero-order valence-corrected chi connectivity index (χ0v) is 9.66. The number of piperazine rings is 1. The molecule has 3 heteroatoms. The lowest BCUT2D eigenvalue weighted by atomic mass is 10.1. The minimum absolute atomic E-state index is 0.705. The molecule has 0 spiro atoms. The molecule has 1 aliphatic carbocycles. The predicted molar refractivity (Wildman–Crippen MR) is 59.5 cm³/mol. The van der Waals surface area contributed by atoms with Crippen LogP contribution in [0.1, 0.15) is 19.8 Å². The maximum absolute atomic E-state index is 3.29. The normalized spacial score (nSPS) is 36.2. The monoisotopic (exact) mass is 197 g/mol. The maximum Gasteiger partial charge on any atom is 0.0345 e. The molecule has 1 heterocycles. The molecule has 2 aliphatic rings. The summed E-state index contributed by atoms with van der Waals surface area (Å²) < 4.78 is 0. The van der Waals surface area contributed by atoms with Gasteiger partial charge in [0.25, 0.3) is 0 Å². The van der Waals surface area contributed by atoms with Crippen LogP contribution in [0, 0.1) is 0 Å². The van der Waals surface area contributed by atoms with Crippen molar-refractivity contribution in [3.05, 3.63) is 0 Å². The number of rotatable bonds is 3. The molecule has 0 radical (unpaired) electrons. The fourth-order valence-corrected chi connectivity index (χ4v) is 2.60. The first-order chi connectivity index (χ1) is 6.72. The standard InChI is InChI=1S/C11H23N3/c1-9-7-13(3)11(6-12-2)8-14(9)10-4-5-10/h9-12H,4-8H2,1-3H3. The van der Waals surface area contributed by atoms with Crippen molar-refractivity contribution in [1.29, 1.82) is 0 Å². The zero-order chi connectivity index (χ0) is 10.1. The van der Waals surface area contributed by atoms with Crippen LogP contribution in [0.2, 0.25) is 0 Å². The van der Waals surface area contributed by atoms with Crippen LogP contribution in [-0.4, -0.2) is 61.7 Å². The Labute approximate surface area is 87.4 Å². The Morgan fingerprint density at radius 3 is 2.57 bits per heavy atom. The lowest BCUT2D eigenvalue weighted by molar-refractivity contribution is 0.0474. The van der Waals surface area contributed by atoms with Gasteiger partial charge in [-0.1, -0.05) is 0 Å². The van der Waals surface area contributed by atoms with Gasteiger partial charge in [-0.2, -0.15) is 0 Å². The first kappa shape index (κ1) is 10.4. The summed E-state index contributed by atoms with van der Waals surface area (Å²) in [5, 5.41) is 3.29. The summed E-state index contributed by atoms with van der Waals surface area (Å²) in [6.45, 7) is 5.96. The van der Waals surface area contributed by atoms with Gasteiger partial charge in [0.2, 0.25) is 0 Å². The SMILES string of the molecule is CNCC1CN(C2CC2)C(C)CN1C. The minimum Gasteiger partial charge on any atom is -0.318 e. The van der Waals surface area contributed by atoms with Crippen LogP contribution in [-0.2, 0) is 0 Å². The van der Waals surface area contributed by atoms with Crippen molar-refractivity contribution in [3.8, 4) is 0 Å². The van der Waals surface area contributed by atoms with Gasteiger partial charge >= 0.3 is 0 Å². The molecule has 2 rings (SSSR count). The van der Waals surface area contributed by atoms with E-state index in [0.717, 1.165) is 18.6 Å². The van der Waals surface area contributed by atoms with Crippen molar-refractivity contribution in [2.45, 2.75) is 37.9 Å². The molecule has 0 bridgehead atoms. The van der Waals surface area contributed by atoms with E-state index in [1.54, 1.807) is 0 Å². The van der Waals surface area contributed by atoms with Gasteiger partial charge in [0.15, 0.2) is 0 Å². The third kappa shape index (κ3) is 2.10. The van der Waals surface area contributed by atoms with Crippen molar-refractivity contribution >= 4 is 0 Å². The highest BCUT2D eigenvalue weighted by Crippen LogP contribution is 2.31. The van der Waals surface area contributed by atoms with Crippen LogP contribution in [0.4, 0.5) is 0 Å². The first-order valence-corrected chi connectivity index (χ1v) is 5.83. The van der Waals surface area contributed by atoms with Crippen molar-refractivity contribution in [1.82, 2.24) is 15.1 Å². The molecule has 3 nitrogen and oxygen atoms in total. The first-order valence-electron chi connectivity index (χ1n) is 5.83. The van der Waals surface area contributed by atoms with Crippen LogP contribution in [0.15, 0.2) is 0 Å². The summed E-state index contributed by atoms with van der Waals surface area (Å²) >= 11 is 0. The van der Waals surface area contributed by atoms with Crippen molar-refractivity contribution in [3.63, 3.8) is 0 Å². The largest absolute Gasteiger partial charge is 0.318 e. The third-order valence-electron chi connectivity index (χ3n) is 3.62. The van der Waals surface area contributed by atoms with Crippen LogP contribution >= 0.6 is 0 Å². The molecule has 0 aromatic heterocycles. The van der Waals surface area contributed by atoms with Gasteiger partial charge in [-0.15, -0.1) is 0 Å². The van der Waals surface area contributed by atoms with E-state index < -0.39 is 0 Å². The second-order valence-corrected chi connectivity index (χ2v) is 4.93. The average Bonchev–Trinajstić information content (AvgIpc) is 2.93. The second-order valence-electron chi connectivity index (χ2n) is 4.93. The molecule has 82 valence electrons. The van der Waals surface area contributed by atoms with Crippen LogP contribution in [0.25, 0.3) is 0 Å². The zero-order valence-electron chi connectivity index (χ0n) is 9.66. The third-order valence-corrected chi connectivity index (χ3v) is 3.62. The lowest BCUT2D eigenvalue weighted by Crippen LogP contribution is -2.58. The van der Waals surface area contributed by atoms with E-state index in [0.29, 0.717) is 6.04 Å². The summed E-state index contributed by atoms with van der Waals surface area (Å²) in [5.41, 5.74) is 0. The Bertz CT molecular complexity index is 191. The summed E-state index contributed by atoms with van der Waals surface area (Å²) in [5.74, 6) is 0. The topological polar surface area (TPSA) is 18.5 Å². The van der Waals surface area contributed by atoms with Crippen molar-refractivity contribution in [2.24, 2.45) is 0 Å². The highest BCUT2D eigenvalue weighted by molar-refractivity contribution is 4.94. The van der Waals surface area contributed by atoms with Crippen molar-refractivity contribution in [2.75, 3.05) is 33.7 Å². The summed E-state index contributed by atoms with van der Waals surface area (Å²) in [6, 6.07) is 2.37. The Morgan fingerprint density at radius 1 is 1.29 bits per heavy atom. The Kier molecular flexibility index (Phi) is 3.10. The summed E-state index contributed by atoms with van der Waals surface area (Å²) in [7, 11) is 4.30. The van der Waals surface area contributed by atoms with E-state index in [1.165, 1.54) is 25.9 Å². The van der Waals surface area contributed by atoms with E-state index in [-0.39, 0.29) is 0 Å². The van der Waals surface area contributed by atoms with Crippen molar-refractivity contribution < 1.29 is 0 Å². The molecule has 14 heavy (non-hydrogen) atoms. The van der Waals surface area contributed by atoms with Gasteiger partial charge in [0.05, 0.1) is 0 Å². The van der Waals surface area contributed by atoms with E-state index >= 15 is 0 Å². The molecular formula is C11H23N3. The number of hydrogen-bond acceptors (Lipinski definition) is 3. The quantitative estimate of drug-likeness (QED) is 0.705. The molecule has 1 saturated heterocycles. The molecule has 2 atom stereocenters. The fraction of sp³-hybridized carbons (Fsp3) is 1.00. The van der Waals surface area contributed by atoms with E-state index in [4.69, 9.17) is 0 Å². The maximum atomic E-state index is 3.29. The van der Waals surface area contributed by atoms with Crippen LogP contribution < -0.4 is 5.32 Å². The van der Waals surface area contributed by atoms with Gasteiger partial charge in [0.1, 0.15) is 0 Å². The molecular weight excluding hydrogens is 174 g/mol. The number of nitrogens with one attached hydrogen (secondary N) is 1. The molecule has 1 saturated carbocycles. The predicted octanol–water partition coefficient (Wildman–Crippen LogP) is 0.373.